The van der Waals surface area contributed by atoms with Gasteiger partial charge in [0.2, 0.25) is 5.91 Å². The fourth-order valence-electron chi connectivity index (χ4n) is 4.65. The molecule has 1 amide bonds. The van der Waals surface area contributed by atoms with Crippen LogP contribution in [0.3, 0.4) is 0 Å². The second-order valence-corrected chi connectivity index (χ2v) is 9.87. The first-order chi connectivity index (χ1) is 12.5. The van der Waals surface area contributed by atoms with Gasteiger partial charge in [-0.2, -0.15) is 0 Å². The summed E-state index contributed by atoms with van der Waals surface area (Å²) in [6.07, 6.45) is 7.37. The van der Waals surface area contributed by atoms with Crippen LogP contribution in [0.4, 0.5) is 0 Å². The molecule has 5 nitrogen and oxygen atoms in total. The average Bonchev–Trinajstić information content (AvgIpc) is 2.89. The Hall–Kier alpha value is -0.890. The molecule has 3 N–H and O–H groups in total. The van der Waals surface area contributed by atoms with E-state index in [-0.39, 0.29) is 18.3 Å². The quantitative estimate of drug-likeness (QED) is 0.573. The summed E-state index contributed by atoms with van der Waals surface area (Å²) in [7, 11) is 0. The Kier molecular flexibility index (Phi) is 6.66. The number of nitrogens with one attached hydrogen (secondary N) is 1. The number of rotatable bonds is 4. The number of halogens is 1. The van der Waals surface area contributed by atoms with Crippen LogP contribution in [0.15, 0.2) is 11.4 Å². The molecule has 0 aromatic carbocycles. The molecule has 2 aromatic heterocycles. The average molecular weight is 427 g/mol. The number of nitrogens with two attached hydrogens (primary N) is 1. The van der Waals surface area contributed by atoms with Gasteiger partial charge >= 0.3 is 0 Å². The fraction of sp³-hybridized carbons (Fsp3) is 0.632. The van der Waals surface area contributed by atoms with Crippen LogP contribution in [0.2, 0.25) is 0 Å². The summed E-state index contributed by atoms with van der Waals surface area (Å²) < 4.78 is 0. The van der Waals surface area contributed by atoms with E-state index in [1.807, 2.05) is 0 Å². The zero-order valence-corrected chi connectivity index (χ0v) is 18.2. The number of carbonyl (C=O) groups is 1. The van der Waals surface area contributed by atoms with Crippen molar-refractivity contribution in [1.82, 2.24) is 15.3 Å². The maximum Gasteiger partial charge on any atom is 0.230 e. The lowest BCUT2D eigenvalue weighted by molar-refractivity contribution is -0.120. The number of hydrogen-bond acceptors (Lipinski definition) is 6. The largest absolute Gasteiger partial charge is 0.352 e. The van der Waals surface area contributed by atoms with Crippen molar-refractivity contribution in [2.24, 2.45) is 17.6 Å². The van der Waals surface area contributed by atoms with Crippen LogP contribution in [0, 0.1) is 25.7 Å². The molecular weight excluding hydrogens is 400 g/mol. The summed E-state index contributed by atoms with van der Waals surface area (Å²) in [5.74, 6) is 1.63. The topological polar surface area (TPSA) is 80.9 Å². The molecule has 0 radical (unpaired) electrons. The van der Waals surface area contributed by atoms with Gasteiger partial charge in [-0.25, -0.2) is 9.97 Å². The SMILES string of the molecule is Cc1sc2ncnc(SCC(=O)NC3C4CCCC3CC(N)C4)c2c1C.Cl. The molecule has 2 aromatic rings. The number of nitrogens with zero attached hydrogens (tertiary/aromatic N) is 2. The highest BCUT2D eigenvalue weighted by atomic mass is 35.5. The standard InChI is InChI=1S/C19H26N4OS2.ClH/c1-10-11(2)26-19-16(10)18(21-9-22-19)25-8-15(24)23-17-12-4-3-5-13(17)7-14(20)6-12;/h9,12-14,17H,3-8,20H2,1-2H3,(H,23,24);1H. The number of aromatic nitrogens is 2. The van der Waals surface area contributed by atoms with Gasteiger partial charge in [0.25, 0.3) is 0 Å². The van der Waals surface area contributed by atoms with E-state index in [9.17, 15) is 4.79 Å². The van der Waals surface area contributed by atoms with Crippen molar-refractivity contribution in [2.75, 3.05) is 5.75 Å². The van der Waals surface area contributed by atoms with Crippen molar-refractivity contribution in [1.29, 1.82) is 0 Å². The molecule has 27 heavy (non-hydrogen) atoms. The van der Waals surface area contributed by atoms with Gasteiger partial charge in [-0.3, -0.25) is 4.79 Å². The first-order valence-electron chi connectivity index (χ1n) is 9.41. The zero-order valence-electron chi connectivity index (χ0n) is 15.7. The molecule has 0 aliphatic heterocycles. The molecule has 0 spiro atoms. The molecule has 4 rings (SSSR count). The number of aryl methyl sites for hydroxylation is 2. The van der Waals surface area contributed by atoms with Gasteiger partial charge < -0.3 is 11.1 Å². The maximum absolute atomic E-state index is 12.6. The van der Waals surface area contributed by atoms with Crippen molar-refractivity contribution in [3.05, 3.63) is 16.8 Å². The van der Waals surface area contributed by atoms with E-state index in [0.29, 0.717) is 29.7 Å². The highest BCUT2D eigenvalue weighted by molar-refractivity contribution is 8.00. The Bertz CT molecular complexity index is 813. The third-order valence-corrected chi connectivity index (χ3v) is 8.08. The minimum atomic E-state index is 0. The molecule has 2 atom stereocenters. The zero-order chi connectivity index (χ0) is 18.3. The highest BCUT2D eigenvalue weighted by Crippen LogP contribution is 2.40. The molecule has 148 valence electrons. The Morgan fingerprint density at radius 1 is 1.30 bits per heavy atom. The van der Waals surface area contributed by atoms with Crippen LogP contribution >= 0.6 is 35.5 Å². The maximum atomic E-state index is 12.6. The summed E-state index contributed by atoms with van der Waals surface area (Å²) in [5, 5.41) is 5.34. The summed E-state index contributed by atoms with van der Waals surface area (Å²) in [5.41, 5.74) is 7.42. The lowest BCUT2D eigenvalue weighted by Crippen LogP contribution is -2.54. The second-order valence-electron chi connectivity index (χ2n) is 7.71. The Morgan fingerprint density at radius 3 is 2.70 bits per heavy atom. The molecule has 2 aliphatic carbocycles. The van der Waals surface area contributed by atoms with Gasteiger partial charge in [0.05, 0.1) is 5.75 Å². The number of fused-ring (bicyclic) bond motifs is 3. The van der Waals surface area contributed by atoms with Crippen molar-refractivity contribution < 1.29 is 4.79 Å². The summed E-state index contributed by atoms with van der Waals surface area (Å²) in [6, 6.07) is 0.624. The van der Waals surface area contributed by atoms with Gasteiger partial charge in [-0.1, -0.05) is 18.2 Å². The minimum absolute atomic E-state index is 0. The van der Waals surface area contributed by atoms with Gasteiger partial charge in [0.1, 0.15) is 16.2 Å². The van der Waals surface area contributed by atoms with E-state index in [0.717, 1.165) is 28.1 Å². The molecule has 2 fully saturated rings. The van der Waals surface area contributed by atoms with E-state index >= 15 is 0 Å². The van der Waals surface area contributed by atoms with Crippen LogP contribution in [-0.2, 0) is 4.79 Å². The van der Waals surface area contributed by atoms with Gasteiger partial charge in [-0.05, 0) is 56.9 Å². The number of hydrogen-bond donors (Lipinski definition) is 2. The van der Waals surface area contributed by atoms with E-state index in [1.54, 1.807) is 17.7 Å². The third kappa shape index (κ3) is 4.26. The Labute approximate surface area is 174 Å². The van der Waals surface area contributed by atoms with E-state index in [1.165, 1.54) is 41.5 Å². The van der Waals surface area contributed by atoms with E-state index in [4.69, 9.17) is 5.73 Å². The fourth-order valence-corrected chi connectivity index (χ4v) is 6.57. The smallest absolute Gasteiger partial charge is 0.230 e. The molecule has 2 heterocycles. The molecule has 2 bridgehead atoms. The highest BCUT2D eigenvalue weighted by Gasteiger charge is 2.39. The van der Waals surface area contributed by atoms with Crippen LogP contribution in [0.25, 0.3) is 10.2 Å². The molecular formula is C19H27ClN4OS2. The normalized spacial score (nSPS) is 27.2. The van der Waals surface area contributed by atoms with Crippen molar-refractivity contribution >= 4 is 51.6 Å². The summed E-state index contributed by atoms with van der Waals surface area (Å²) in [4.78, 5) is 23.7. The number of amides is 1. The lowest BCUT2D eigenvalue weighted by Gasteiger charge is -2.45. The minimum Gasteiger partial charge on any atom is -0.352 e. The predicted molar refractivity (Wildman–Crippen MR) is 115 cm³/mol. The van der Waals surface area contributed by atoms with Crippen LogP contribution < -0.4 is 11.1 Å². The van der Waals surface area contributed by atoms with Crippen molar-refractivity contribution in [3.8, 4) is 0 Å². The molecule has 2 unspecified atom stereocenters. The lowest BCUT2D eigenvalue weighted by atomic mass is 9.67. The molecule has 8 heteroatoms. The van der Waals surface area contributed by atoms with Gasteiger partial charge in [0, 0.05) is 22.3 Å². The number of thioether (sulfide) groups is 1. The number of thiophene rings is 1. The van der Waals surface area contributed by atoms with Crippen molar-refractivity contribution in [3.63, 3.8) is 0 Å². The predicted octanol–water partition coefficient (Wildman–Crippen LogP) is 3.84. The Morgan fingerprint density at radius 2 is 2.00 bits per heavy atom. The molecule has 0 saturated heterocycles. The summed E-state index contributed by atoms with van der Waals surface area (Å²) in [6.45, 7) is 4.21. The van der Waals surface area contributed by atoms with Crippen LogP contribution in [0.1, 0.15) is 42.5 Å². The number of carbonyl (C=O) groups excluding carboxylic acids is 1. The molecule has 2 aliphatic rings. The second kappa shape index (κ2) is 8.64. The van der Waals surface area contributed by atoms with Crippen LogP contribution in [0.5, 0.6) is 0 Å². The Balaban J connectivity index is 0.00000210. The van der Waals surface area contributed by atoms with Crippen LogP contribution in [-0.4, -0.2) is 33.7 Å². The van der Waals surface area contributed by atoms with E-state index in [2.05, 4.69) is 29.1 Å². The monoisotopic (exact) mass is 426 g/mol. The first-order valence-corrected chi connectivity index (χ1v) is 11.2. The molecule has 2 saturated carbocycles. The summed E-state index contributed by atoms with van der Waals surface area (Å²) >= 11 is 3.21. The third-order valence-electron chi connectivity index (χ3n) is 5.97. The van der Waals surface area contributed by atoms with E-state index < -0.39 is 0 Å². The van der Waals surface area contributed by atoms with Gasteiger partial charge in [-0.15, -0.1) is 23.7 Å². The first kappa shape index (κ1) is 20.8. The van der Waals surface area contributed by atoms with Crippen molar-refractivity contribution in [2.45, 2.75) is 63.1 Å². The van der Waals surface area contributed by atoms with Gasteiger partial charge in [0.15, 0.2) is 0 Å².